The van der Waals surface area contributed by atoms with Crippen molar-refractivity contribution in [2.24, 2.45) is 0 Å². The monoisotopic (exact) mass is 260 g/mol. The van der Waals surface area contributed by atoms with Crippen LogP contribution < -0.4 is 4.74 Å². The van der Waals surface area contributed by atoms with Crippen LogP contribution in [0.5, 0.6) is 5.88 Å². The second kappa shape index (κ2) is 5.56. The minimum atomic E-state index is -0.508. The zero-order valence-electron chi connectivity index (χ0n) is 10.7. The van der Waals surface area contributed by atoms with E-state index in [0.29, 0.717) is 11.6 Å². The number of benzene rings is 1. The van der Waals surface area contributed by atoms with E-state index < -0.39 is 5.82 Å². The second-order valence-corrected chi connectivity index (χ2v) is 4.13. The van der Waals surface area contributed by atoms with E-state index in [0.717, 1.165) is 5.56 Å². The lowest BCUT2D eigenvalue weighted by Crippen LogP contribution is -2.08. The van der Waals surface area contributed by atoms with Gasteiger partial charge in [-0.3, -0.25) is 4.79 Å². The molecule has 0 aliphatic carbocycles. The first kappa shape index (κ1) is 13.1. The molecule has 98 valence electrons. The highest BCUT2D eigenvalue weighted by Crippen LogP contribution is 2.14. The van der Waals surface area contributed by atoms with Gasteiger partial charge in [-0.05, 0) is 24.6 Å². The third kappa shape index (κ3) is 3.13. The number of hydrogen-bond acceptors (Lipinski definition) is 4. The number of rotatable bonds is 4. The molecule has 2 rings (SSSR count). The topological polar surface area (TPSA) is 52.1 Å². The molecule has 1 heterocycles. The molecule has 0 N–H and O–H groups in total. The van der Waals surface area contributed by atoms with Gasteiger partial charge in [0.25, 0.3) is 0 Å². The SMILES string of the molecule is COc1cc(CC(=O)c2ccc(C)cc2F)ncn1. The summed E-state index contributed by atoms with van der Waals surface area (Å²) < 4.78 is 18.6. The summed E-state index contributed by atoms with van der Waals surface area (Å²) in [4.78, 5) is 19.8. The summed E-state index contributed by atoms with van der Waals surface area (Å²) >= 11 is 0. The highest BCUT2D eigenvalue weighted by atomic mass is 19.1. The van der Waals surface area contributed by atoms with Gasteiger partial charge in [-0.25, -0.2) is 14.4 Å². The van der Waals surface area contributed by atoms with Gasteiger partial charge in [0, 0.05) is 6.07 Å². The zero-order chi connectivity index (χ0) is 13.8. The summed E-state index contributed by atoms with van der Waals surface area (Å²) in [6.45, 7) is 1.77. The molecule has 0 aliphatic rings. The Morgan fingerprint density at radius 1 is 1.32 bits per heavy atom. The first-order chi connectivity index (χ1) is 9.10. The van der Waals surface area contributed by atoms with Crippen molar-refractivity contribution in [1.82, 2.24) is 9.97 Å². The van der Waals surface area contributed by atoms with Crippen molar-refractivity contribution in [3.05, 3.63) is 53.2 Å². The highest BCUT2D eigenvalue weighted by Gasteiger charge is 2.13. The molecular formula is C14H13FN2O2. The van der Waals surface area contributed by atoms with Crippen LogP contribution in [0.2, 0.25) is 0 Å². The van der Waals surface area contributed by atoms with Crippen molar-refractivity contribution in [2.75, 3.05) is 7.11 Å². The molecular weight excluding hydrogens is 247 g/mol. The fourth-order valence-corrected chi connectivity index (χ4v) is 1.69. The summed E-state index contributed by atoms with van der Waals surface area (Å²) in [6, 6.07) is 6.10. The maximum Gasteiger partial charge on any atom is 0.216 e. The lowest BCUT2D eigenvalue weighted by Gasteiger charge is -2.04. The van der Waals surface area contributed by atoms with Gasteiger partial charge in [0.1, 0.15) is 12.1 Å². The fraction of sp³-hybridized carbons (Fsp3) is 0.214. The molecule has 0 unspecified atom stereocenters. The average Bonchev–Trinajstić information content (AvgIpc) is 2.38. The van der Waals surface area contributed by atoms with Crippen LogP contribution in [0.15, 0.2) is 30.6 Å². The van der Waals surface area contributed by atoms with Crippen LogP contribution >= 0.6 is 0 Å². The lowest BCUT2D eigenvalue weighted by molar-refractivity contribution is 0.0988. The molecule has 5 heteroatoms. The number of nitrogens with zero attached hydrogens (tertiary/aromatic N) is 2. The van der Waals surface area contributed by atoms with Gasteiger partial charge in [0.05, 0.1) is 24.8 Å². The molecule has 0 amide bonds. The summed E-state index contributed by atoms with van der Waals surface area (Å²) in [5.41, 5.74) is 1.35. The summed E-state index contributed by atoms with van der Waals surface area (Å²) in [5.74, 6) is -0.452. The van der Waals surface area contributed by atoms with E-state index in [4.69, 9.17) is 4.74 Å². The van der Waals surface area contributed by atoms with Crippen molar-refractivity contribution in [3.8, 4) is 5.88 Å². The van der Waals surface area contributed by atoms with Gasteiger partial charge >= 0.3 is 0 Å². The lowest BCUT2D eigenvalue weighted by atomic mass is 10.0. The molecule has 1 aromatic heterocycles. The Hall–Kier alpha value is -2.30. The quantitative estimate of drug-likeness (QED) is 0.792. The average molecular weight is 260 g/mol. The van der Waals surface area contributed by atoms with Gasteiger partial charge in [0.2, 0.25) is 5.88 Å². The van der Waals surface area contributed by atoms with Crippen LogP contribution in [0.1, 0.15) is 21.6 Å². The predicted octanol–water partition coefficient (Wildman–Crippen LogP) is 2.36. The molecule has 2 aromatic rings. The number of hydrogen-bond donors (Lipinski definition) is 0. The van der Waals surface area contributed by atoms with E-state index in [1.807, 2.05) is 0 Å². The van der Waals surface area contributed by atoms with Gasteiger partial charge in [-0.1, -0.05) is 6.07 Å². The number of aryl methyl sites for hydroxylation is 1. The Morgan fingerprint density at radius 3 is 2.79 bits per heavy atom. The molecule has 0 spiro atoms. The number of halogens is 1. The Labute approximate surface area is 110 Å². The van der Waals surface area contributed by atoms with E-state index in [1.54, 1.807) is 19.1 Å². The molecule has 0 saturated carbocycles. The van der Waals surface area contributed by atoms with E-state index in [2.05, 4.69) is 9.97 Å². The van der Waals surface area contributed by atoms with E-state index in [9.17, 15) is 9.18 Å². The molecule has 4 nitrogen and oxygen atoms in total. The van der Waals surface area contributed by atoms with Crippen molar-refractivity contribution in [3.63, 3.8) is 0 Å². The number of aromatic nitrogens is 2. The van der Waals surface area contributed by atoms with Crippen LogP contribution in [0.4, 0.5) is 4.39 Å². The standard InChI is InChI=1S/C14H13FN2O2/c1-9-3-4-11(12(15)5-9)13(18)6-10-7-14(19-2)17-8-16-10/h3-5,7-8H,6H2,1-2H3. The summed E-state index contributed by atoms with van der Waals surface area (Å²) in [7, 11) is 1.48. The maximum absolute atomic E-state index is 13.7. The van der Waals surface area contributed by atoms with E-state index in [1.165, 1.54) is 25.6 Å². The maximum atomic E-state index is 13.7. The van der Waals surface area contributed by atoms with E-state index in [-0.39, 0.29) is 17.8 Å². The first-order valence-corrected chi connectivity index (χ1v) is 5.74. The molecule has 0 aliphatic heterocycles. The minimum Gasteiger partial charge on any atom is -0.481 e. The van der Waals surface area contributed by atoms with Crippen LogP contribution in [0, 0.1) is 12.7 Å². The smallest absolute Gasteiger partial charge is 0.216 e. The van der Waals surface area contributed by atoms with Crippen molar-refractivity contribution in [1.29, 1.82) is 0 Å². The Balaban J connectivity index is 2.20. The number of Topliss-reactive ketones (excluding diaryl/α,β-unsaturated/α-hetero) is 1. The van der Waals surface area contributed by atoms with Gasteiger partial charge in [0.15, 0.2) is 5.78 Å². The number of carbonyl (C=O) groups is 1. The van der Waals surface area contributed by atoms with Gasteiger partial charge in [-0.2, -0.15) is 0 Å². The van der Waals surface area contributed by atoms with Gasteiger partial charge in [-0.15, -0.1) is 0 Å². The minimum absolute atomic E-state index is 0.0128. The normalized spacial score (nSPS) is 10.3. The second-order valence-electron chi connectivity index (χ2n) is 4.13. The summed E-state index contributed by atoms with van der Waals surface area (Å²) in [5, 5.41) is 0. The van der Waals surface area contributed by atoms with Crippen LogP contribution in [-0.4, -0.2) is 22.9 Å². The Bertz CT molecular complexity index is 614. The van der Waals surface area contributed by atoms with Gasteiger partial charge < -0.3 is 4.74 Å². The molecule has 0 atom stereocenters. The molecule has 0 fully saturated rings. The van der Waals surface area contributed by atoms with Crippen LogP contribution in [-0.2, 0) is 6.42 Å². The number of methoxy groups -OCH3 is 1. The van der Waals surface area contributed by atoms with Crippen molar-refractivity contribution in [2.45, 2.75) is 13.3 Å². The molecule has 0 saturated heterocycles. The number of ether oxygens (including phenoxy) is 1. The zero-order valence-corrected chi connectivity index (χ0v) is 10.7. The van der Waals surface area contributed by atoms with Crippen LogP contribution in [0.25, 0.3) is 0 Å². The molecule has 1 aromatic carbocycles. The third-order valence-electron chi connectivity index (χ3n) is 2.67. The first-order valence-electron chi connectivity index (χ1n) is 5.74. The largest absolute Gasteiger partial charge is 0.481 e. The van der Waals surface area contributed by atoms with Crippen molar-refractivity contribution < 1.29 is 13.9 Å². The summed E-state index contributed by atoms with van der Waals surface area (Å²) in [6.07, 6.45) is 1.33. The molecule has 19 heavy (non-hydrogen) atoms. The predicted molar refractivity (Wildman–Crippen MR) is 67.8 cm³/mol. The molecule has 0 radical (unpaired) electrons. The van der Waals surface area contributed by atoms with E-state index >= 15 is 0 Å². The molecule has 0 bridgehead atoms. The fourth-order valence-electron chi connectivity index (χ4n) is 1.69. The third-order valence-corrected chi connectivity index (χ3v) is 2.67. The Kier molecular flexibility index (Phi) is 3.85. The van der Waals surface area contributed by atoms with Crippen LogP contribution in [0.3, 0.4) is 0 Å². The number of ketones is 1. The number of carbonyl (C=O) groups excluding carboxylic acids is 1. The van der Waals surface area contributed by atoms with Crippen molar-refractivity contribution >= 4 is 5.78 Å². The highest BCUT2D eigenvalue weighted by molar-refractivity contribution is 5.97. The Morgan fingerprint density at radius 2 is 2.11 bits per heavy atom.